The van der Waals surface area contributed by atoms with E-state index in [9.17, 15) is 0 Å². The first-order valence-corrected chi connectivity index (χ1v) is 7.34. The third-order valence-electron chi connectivity index (χ3n) is 3.93. The normalized spacial score (nSPS) is 23.6. The van der Waals surface area contributed by atoms with Crippen LogP contribution in [0, 0.1) is 0 Å². The van der Waals surface area contributed by atoms with Crippen molar-refractivity contribution in [3.63, 3.8) is 0 Å². The fraction of sp³-hybridized carbons (Fsp3) is 0.600. The maximum Gasteiger partial charge on any atom is 0.142 e. The number of hydrogen-bond donors (Lipinski definition) is 2. The van der Waals surface area contributed by atoms with Gasteiger partial charge in [-0.1, -0.05) is 12.1 Å². The Labute approximate surface area is 115 Å². The van der Waals surface area contributed by atoms with Crippen molar-refractivity contribution in [1.82, 2.24) is 10.6 Å². The molecular weight excluding hydrogens is 238 g/mol. The van der Waals surface area contributed by atoms with E-state index in [1.165, 1.54) is 18.5 Å². The summed E-state index contributed by atoms with van der Waals surface area (Å²) in [7, 11) is 0. The molecule has 0 radical (unpaired) electrons. The molecule has 0 spiro atoms. The summed E-state index contributed by atoms with van der Waals surface area (Å²) in [5.74, 6) is 1.03. The highest BCUT2D eigenvalue weighted by Crippen LogP contribution is 2.28. The molecule has 2 fully saturated rings. The number of ether oxygens (including phenoxy) is 1. The number of para-hydroxylation sites is 2. The molecule has 0 aromatic heterocycles. The van der Waals surface area contributed by atoms with E-state index in [0.717, 1.165) is 45.1 Å². The summed E-state index contributed by atoms with van der Waals surface area (Å²) >= 11 is 0. The molecular formula is C15H23N3O. The maximum absolute atomic E-state index is 6.05. The molecule has 1 aromatic carbocycles. The highest BCUT2D eigenvalue weighted by atomic mass is 16.5. The van der Waals surface area contributed by atoms with Crippen LogP contribution in [0.3, 0.4) is 0 Å². The minimum Gasteiger partial charge on any atom is -0.490 e. The molecule has 1 aromatic rings. The second kappa shape index (κ2) is 6.26. The highest BCUT2D eigenvalue weighted by Gasteiger charge is 2.17. The van der Waals surface area contributed by atoms with E-state index >= 15 is 0 Å². The molecule has 2 aliphatic rings. The summed E-state index contributed by atoms with van der Waals surface area (Å²) in [4.78, 5) is 2.41. The van der Waals surface area contributed by atoms with Crippen molar-refractivity contribution in [2.45, 2.75) is 18.9 Å². The van der Waals surface area contributed by atoms with Crippen LogP contribution in [0.4, 0.5) is 5.69 Å². The Balaban J connectivity index is 1.65. The van der Waals surface area contributed by atoms with Crippen LogP contribution in [0.2, 0.25) is 0 Å². The first-order valence-electron chi connectivity index (χ1n) is 7.34. The van der Waals surface area contributed by atoms with Gasteiger partial charge >= 0.3 is 0 Å². The monoisotopic (exact) mass is 261 g/mol. The zero-order chi connectivity index (χ0) is 12.9. The number of benzene rings is 1. The van der Waals surface area contributed by atoms with Crippen molar-refractivity contribution in [1.29, 1.82) is 0 Å². The molecule has 2 aliphatic heterocycles. The Kier molecular flexibility index (Phi) is 4.20. The van der Waals surface area contributed by atoms with Crippen molar-refractivity contribution in [3.8, 4) is 5.75 Å². The van der Waals surface area contributed by atoms with Crippen LogP contribution in [-0.4, -0.2) is 45.4 Å². The summed E-state index contributed by atoms with van der Waals surface area (Å²) in [6.45, 7) is 6.14. The summed E-state index contributed by atoms with van der Waals surface area (Å²) in [6, 6.07) is 8.94. The molecule has 1 atom stereocenters. The van der Waals surface area contributed by atoms with Gasteiger partial charge in [-0.3, -0.25) is 0 Å². The summed E-state index contributed by atoms with van der Waals surface area (Å²) in [5.41, 5.74) is 1.24. The molecule has 0 bridgehead atoms. The number of rotatable bonds is 4. The fourth-order valence-electron chi connectivity index (χ4n) is 2.84. The van der Waals surface area contributed by atoms with E-state index in [-0.39, 0.29) is 0 Å². The lowest BCUT2D eigenvalue weighted by Gasteiger charge is -2.31. The summed E-state index contributed by atoms with van der Waals surface area (Å²) in [6.07, 6.45) is 2.50. The maximum atomic E-state index is 6.05. The Morgan fingerprint density at radius 3 is 2.79 bits per heavy atom. The number of piperazine rings is 1. The van der Waals surface area contributed by atoms with Gasteiger partial charge in [-0.25, -0.2) is 0 Å². The topological polar surface area (TPSA) is 36.5 Å². The molecule has 0 saturated carbocycles. The van der Waals surface area contributed by atoms with Crippen molar-refractivity contribution >= 4 is 5.69 Å². The van der Waals surface area contributed by atoms with E-state index < -0.39 is 0 Å². The van der Waals surface area contributed by atoms with E-state index in [0.29, 0.717) is 6.04 Å². The average molecular weight is 261 g/mol. The van der Waals surface area contributed by atoms with Crippen LogP contribution >= 0.6 is 0 Å². The number of nitrogens with zero attached hydrogens (tertiary/aromatic N) is 1. The van der Waals surface area contributed by atoms with Gasteiger partial charge in [0.15, 0.2) is 0 Å². The summed E-state index contributed by atoms with van der Waals surface area (Å²) in [5, 5.41) is 6.87. The molecule has 19 heavy (non-hydrogen) atoms. The molecule has 0 aliphatic carbocycles. The van der Waals surface area contributed by atoms with Crippen molar-refractivity contribution in [3.05, 3.63) is 24.3 Å². The smallest absolute Gasteiger partial charge is 0.142 e. The summed E-state index contributed by atoms with van der Waals surface area (Å²) < 4.78 is 6.05. The third kappa shape index (κ3) is 3.19. The van der Waals surface area contributed by atoms with Crippen LogP contribution in [-0.2, 0) is 0 Å². The molecule has 2 saturated heterocycles. The zero-order valence-corrected chi connectivity index (χ0v) is 11.4. The molecule has 0 amide bonds. The van der Waals surface area contributed by atoms with E-state index in [1.807, 2.05) is 0 Å². The molecule has 2 N–H and O–H groups in total. The number of nitrogens with one attached hydrogen (secondary N) is 2. The largest absolute Gasteiger partial charge is 0.490 e. The van der Waals surface area contributed by atoms with Crippen LogP contribution in [0.15, 0.2) is 24.3 Å². The van der Waals surface area contributed by atoms with E-state index in [2.05, 4.69) is 39.8 Å². The van der Waals surface area contributed by atoms with Gasteiger partial charge in [0, 0.05) is 32.2 Å². The molecule has 4 nitrogen and oxygen atoms in total. The molecule has 4 heteroatoms. The van der Waals surface area contributed by atoms with Crippen molar-refractivity contribution in [2.75, 3.05) is 44.2 Å². The van der Waals surface area contributed by atoms with Crippen LogP contribution in [0.5, 0.6) is 5.75 Å². The van der Waals surface area contributed by atoms with E-state index in [4.69, 9.17) is 4.74 Å². The van der Waals surface area contributed by atoms with Gasteiger partial charge in [-0.05, 0) is 31.5 Å². The highest BCUT2D eigenvalue weighted by molar-refractivity contribution is 5.58. The SMILES string of the molecule is c1ccc(N2CCNCC2)c(OC[C@H]2CCCN2)c1. The molecule has 104 valence electrons. The van der Waals surface area contributed by atoms with Crippen LogP contribution < -0.4 is 20.3 Å². The lowest BCUT2D eigenvalue weighted by Crippen LogP contribution is -2.43. The van der Waals surface area contributed by atoms with Gasteiger partial charge in [-0.2, -0.15) is 0 Å². The predicted molar refractivity (Wildman–Crippen MR) is 78.0 cm³/mol. The van der Waals surface area contributed by atoms with Gasteiger partial charge < -0.3 is 20.3 Å². The minimum atomic E-state index is 0.524. The standard InChI is InChI=1S/C15H23N3O/c1-2-6-15(19-12-13-4-3-7-17-13)14(5-1)18-10-8-16-9-11-18/h1-2,5-6,13,16-17H,3-4,7-12H2/t13-/m1/s1. The lowest BCUT2D eigenvalue weighted by atomic mass is 10.2. The zero-order valence-electron chi connectivity index (χ0n) is 11.4. The molecule has 3 rings (SSSR count). The average Bonchev–Trinajstić information content (AvgIpc) is 3.00. The van der Waals surface area contributed by atoms with Crippen LogP contribution in [0.25, 0.3) is 0 Å². The Morgan fingerprint density at radius 1 is 1.16 bits per heavy atom. The Bertz CT molecular complexity index is 398. The quantitative estimate of drug-likeness (QED) is 0.854. The second-order valence-corrected chi connectivity index (χ2v) is 5.31. The lowest BCUT2D eigenvalue weighted by molar-refractivity contribution is 0.277. The van der Waals surface area contributed by atoms with Gasteiger partial charge in [0.2, 0.25) is 0 Å². The van der Waals surface area contributed by atoms with Gasteiger partial charge in [0.05, 0.1) is 5.69 Å². The fourth-order valence-corrected chi connectivity index (χ4v) is 2.84. The predicted octanol–water partition coefficient (Wildman–Crippen LogP) is 1.23. The van der Waals surface area contributed by atoms with Gasteiger partial charge in [0.1, 0.15) is 12.4 Å². The van der Waals surface area contributed by atoms with E-state index in [1.54, 1.807) is 0 Å². The first kappa shape index (κ1) is 12.8. The third-order valence-corrected chi connectivity index (χ3v) is 3.93. The molecule has 0 unspecified atom stereocenters. The second-order valence-electron chi connectivity index (χ2n) is 5.31. The van der Waals surface area contributed by atoms with Crippen LogP contribution in [0.1, 0.15) is 12.8 Å². The minimum absolute atomic E-state index is 0.524. The van der Waals surface area contributed by atoms with Crippen molar-refractivity contribution in [2.24, 2.45) is 0 Å². The van der Waals surface area contributed by atoms with Crippen molar-refractivity contribution < 1.29 is 4.74 Å². The van der Waals surface area contributed by atoms with Gasteiger partial charge in [0.25, 0.3) is 0 Å². The number of anilines is 1. The number of hydrogen-bond acceptors (Lipinski definition) is 4. The first-order chi connectivity index (χ1) is 9.43. The molecule has 2 heterocycles. The Hall–Kier alpha value is -1.26. The van der Waals surface area contributed by atoms with Gasteiger partial charge in [-0.15, -0.1) is 0 Å². The Morgan fingerprint density at radius 2 is 2.00 bits per heavy atom.